The normalized spacial score (nSPS) is 11.9. The Bertz CT molecular complexity index is 3440. The first-order valence-corrected chi connectivity index (χ1v) is 19.4. The molecular weight excluding hydrogens is 695 g/mol. The van der Waals surface area contributed by atoms with Crippen molar-refractivity contribution < 1.29 is 4.42 Å². The zero-order chi connectivity index (χ0) is 37.5. The van der Waals surface area contributed by atoms with Gasteiger partial charge in [0.05, 0.1) is 33.1 Å². The number of pyridine rings is 1. The lowest BCUT2D eigenvalue weighted by Crippen LogP contribution is -2.01. The Balaban J connectivity index is 1.23. The minimum Gasteiger partial charge on any atom is -0.455 e. The lowest BCUT2D eigenvalue weighted by Gasteiger charge is -2.15. The molecule has 8 aromatic carbocycles. The van der Waals surface area contributed by atoms with Crippen molar-refractivity contribution in [3.63, 3.8) is 0 Å². The van der Waals surface area contributed by atoms with Gasteiger partial charge in [-0.05, 0) is 77.4 Å². The maximum atomic E-state index is 6.84. The van der Waals surface area contributed by atoms with Crippen LogP contribution in [0.1, 0.15) is 0 Å². The molecule has 12 rings (SSSR count). The highest BCUT2D eigenvalue weighted by Gasteiger charge is 2.25. The van der Waals surface area contributed by atoms with E-state index < -0.39 is 0 Å². The fourth-order valence-corrected chi connectivity index (χ4v) is 8.97. The van der Waals surface area contributed by atoms with E-state index in [1.54, 1.807) is 0 Å². The van der Waals surface area contributed by atoms with Gasteiger partial charge in [-0.1, -0.05) is 140 Å². The topological polar surface area (TPSA) is 35.9 Å². The van der Waals surface area contributed by atoms with Crippen molar-refractivity contribution in [1.29, 1.82) is 0 Å². The van der Waals surface area contributed by atoms with Crippen LogP contribution in [0.15, 0.2) is 205 Å². The first kappa shape index (κ1) is 31.6. The molecule has 0 spiro atoms. The van der Waals surface area contributed by atoms with E-state index in [9.17, 15) is 0 Å². The lowest BCUT2D eigenvalue weighted by atomic mass is 9.97. The van der Waals surface area contributed by atoms with E-state index in [-0.39, 0.29) is 0 Å². The molecule has 0 aliphatic rings. The van der Waals surface area contributed by atoms with E-state index >= 15 is 0 Å². The van der Waals surface area contributed by atoms with E-state index in [0.717, 1.165) is 88.8 Å². The molecule has 0 aliphatic heterocycles. The lowest BCUT2D eigenvalue weighted by molar-refractivity contribution is 0.673. The van der Waals surface area contributed by atoms with Crippen LogP contribution in [0, 0.1) is 0 Å². The number of nitrogens with zero attached hydrogens (tertiary/aromatic N) is 3. The maximum Gasteiger partial charge on any atom is 0.145 e. The summed E-state index contributed by atoms with van der Waals surface area (Å²) in [6.45, 7) is 0. The second-order valence-electron chi connectivity index (χ2n) is 14.7. The Hall–Kier alpha value is -7.69. The summed E-state index contributed by atoms with van der Waals surface area (Å²) < 4.78 is 11.6. The molecule has 0 amide bonds. The number of hydrogen-bond acceptors (Lipinski definition) is 2. The van der Waals surface area contributed by atoms with E-state index in [2.05, 4.69) is 203 Å². The Morgan fingerprint density at radius 3 is 1.77 bits per heavy atom. The van der Waals surface area contributed by atoms with E-state index in [1.807, 2.05) is 6.07 Å². The van der Waals surface area contributed by atoms with Crippen molar-refractivity contribution in [2.45, 2.75) is 0 Å². The van der Waals surface area contributed by atoms with Crippen molar-refractivity contribution in [3.05, 3.63) is 200 Å². The number of hydrogen-bond donors (Lipinski definition) is 0. The fraction of sp³-hybridized carbons (Fsp3) is 0. The van der Waals surface area contributed by atoms with E-state index in [4.69, 9.17) is 9.40 Å². The molecule has 0 saturated carbocycles. The van der Waals surface area contributed by atoms with Crippen molar-refractivity contribution in [3.8, 4) is 45.0 Å². The zero-order valence-electron chi connectivity index (χ0n) is 30.8. The average Bonchev–Trinajstić information content (AvgIpc) is 3.94. The molecular formula is C53H33N3O. The summed E-state index contributed by atoms with van der Waals surface area (Å²) in [7, 11) is 0. The largest absolute Gasteiger partial charge is 0.455 e. The van der Waals surface area contributed by atoms with Gasteiger partial charge in [0.25, 0.3) is 0 Å². The quantitative estimate of drug-likeness (QED) is 0.177. The summed E-state index contributed by atoms with van der Waals surface area (Å²) in [5.41, 5.74) is 13.9. The standard InChI is InChI=1S/C53H33N3O/c1-4-16-34(17-5-1)37-31-45(35-18-6-2-7-19-35)54-50(32-37)56-47-26-14-11-24-41(47)51-52(56)42(33-44-40-23-12-15-27-49(40)57-53(44)51)36-28-29-48-43(30-36)39-22-10-13-25-46(39)55(48)38-20-8-3-9-21-38/h1-33H. The van der Waals surface area contributed by atoms with Crippen LogP contribution in [-0.2, 0) is 0 Å². The molecule has 0 N–H and O–H groups in total. The number of fused-ring (bicyclic) bond motifs is 10. The molecule has 4 heterocycles. The third kappa shape index (κ3) is 4.84. The second-order valence-corrected chi connectivity index (χ2v) is 14.7. The zero-order valence-corrected chi connectivity index (χ0v) is 30.8. The van der Waals surface area contributed by atoms with E-state index in [0.29, 0.717) is 0 Å². The molecule has 0 unspecified atom stereocenters. The Morgan fingerprint density at radius 2 is 1.00 bits per heavy atom. The van der Waals surface area contributed by atoms with Gasteiger partial charge in [0.1, 0.15) is 17.0 Å². The molecule has 0 atom stereocenters. The summed E-state index contributed by atoms with van der Waals surface area (Å²) in [4.78, 5) is 5.49. The van der Waals surface area contributed by atoms with Crippen molar-refractivity contribution in [2.75, 3.05) is 0 Å². The van der Waals surface area contributed by atoms with Crippen LogP contribution in [0.5, 0.6) is 0 Å². The monoisotopic (exact) mass is 727 g/mol. The summed E-state index contributed by atoms with van der Waals surface area (Å²) in [5.74, 6) is 0.847. The third-order valence-corrected chi connectivity index (χ3v) is 11.5. The van der Waals surface area contributed by atoms with Gasteiger partial charge in [-0.3, -0.25) is 4.57 Å². The van der Waals surface area contributed by atoms with Crippen molar-refractivity contribution in [2.24, 2.45) is 0 Å². The molecule has 0 radical (unpaired) electrons. The Morgan fingerprint density at radius 1 is 0.386 bits per heavy atom. The molecule has 266 valence electrons. The average molecular weight is 728 g/mol. The van der Waals surface area contributed by atoms with Gasteiger partial charge in [0.15, 0.2) is 0 Å². The number of rotatable bonds is 5. The molecule has 4 heteroatoms. The minimum absolute atomic E-state index is 0.847. The van der Waals surface area contributed by atoms with Gasteiger partial charge in [0, 0.05) is 43.7 Å². The highest BCUT2D eigenvalue weighted by Crippen LogP contribution is 2.46. The summed E-state index contributed by atoms with van der Waals surface area (Å²) in [6, 6.07) is 71.3. The van der Waals surface area contributed by atoms with Gasteiger partial charge < -0.3 is 8.98 Å². The van der Waals surface area contributed by atoms with Gasteiger partial charge in [-0.2, -0.15) is 0 Å². The smallest absolute Gasteiger partial charge is 0.145 e. The summed E-state index contributed by atoms with van der Waals surface area (Å²) >= 11 is 0. The first-order valence-electron chi connectivity index (χ1n) is 19.4. The number of furan rings is 1. The van der Waals surface area contributed by atoms with Crippen LogP contribution in [-0.4, -0.2) is 14.1 Å². The van der Waals surface area contributed by atoms with Crippen molar-refractivity contribution >= 4 is 65.6 Å². The SMILES string of the molecule is c1ccc(-c2cc(-c3ccccc3)nc(-n3c4ccccc4c4c5oc6ccccc6c5cc(-c5ccc6c(c5)c5ccccc5n6-c5ccccc5)c43)c2)cc1. The van der Waals surface area contributed by atoms with Crippen LogP contribution < -0.4 is 0 Å². The molecule has 0 fully saturated rings. The second kappa shape index (κ2) is 12.4. The van der Waals surface area contributed by atoms with Crippen LogP contribution in [0.3, 0.4) is 0 Å². The first-order chi connectivity index (χ1) is 28.3. The molecule has 57 heavy (non-hydrogen) atoms. The molecule has 12 aromatic rings. The highest BCUT2D eigenvalue weighted by atomic mass is 16.3. The van der Waals surface area contributed by atoms with Crippen LogP contribution in [0.4, 0.5) is 0 Å². The minimum atomic E-state index is 0.847. The molecule has 4 aromatic heterocycles. The molecule has 0 saturated heterocycles. The van der Waals surface area contributed by atoms with Gasteiger partial charge in [0.2, 0.25) is 0 Å². The Kier molecular flexibility index (Phi) is 6.89. The number of benzene rings is 8. The van der Waals surface area contributed by atoms with Crippen LogP contribution in [0.25, 0.3) is 111 Å². The maximum absolute atomic E-state index is 6.84. The predicted molar refractivity (Wildman–Crippen MR) is 237 cm³/mol. The van der Waals surface area contributed by atoms with Gasteiger partial charge >= 0.3 is 0 Å². The Labute approximate surface area is 328 Å². The van der Waals surface area contributed by atoms with Crippen molar-refractivity contribution in [1.82, 2.24) is 14.1 Å². The molecule has 0 aliphatic carbocycles. The number of aromatic nitrogens is 3. The summed E-state index contributed by atoms with van der Waals surface area (Å²) in [5, 5.41) is 6.82. The highest BCUT2D eigenvalue weighted by molar-refractivity contribution is 6.27. The predicted octanol–water partition coefficient (Wildman–Crippen LogP) is 14.2. The molecule has 0 bridgehead atoms. The van der Waals surface area contributed by atoms with Crippen LogP contribution in [0.2, 0.25) is 0 Å². The third-order valence-electron chi connectivity index (χ3n) is 11.5. The van der Waals surface area contributed by atoms with Gasteiger partial charge in [-0.25, -0.2) is 4.98 Å². The van der Waals surface area contributed by atoms with Gasteiger partial charge in [-0.15, -0.1) is 0 Å². The van der Waals surface area contributed by atoms with Crippen LogP contribution >= 0.6 is 0 Å². The molecule has 4 nitrogen and oxygen atoms in total. The van der Waals surface area contributed by atoms with E-state index in [1.165, 1.54) is 21.8 Å². The summed E-state index contributed by atoms with van der Waals surface area (Å²) in [6.07, 6.45) is 0. The number of para-hydroxylation sites is 4. The fourth-order valence-electron chi connectivity index (χ4n) is 8.97.